The Balaban J connectivity index is 2.22. The van der Waals surface area contributed by atoms with E-state index >= 15 is 0 Å². The maximum atomic E-state index is 11.9. The molecule has 0 aromatic carbocycles. The van der Waals surface area contributed by atoms with Crippen molar-refractivity contribution in [2.45, 2.75) is 0 Å². The molecular formula is C10H5BrNO4S2-. The molecule has 0 aliphatic carbocycles. The fourth-order valence-electron chi connectivity index (χ4n) is 1.30. The van der Waals surface area contributed by atoms with Crippen molar-refractivity contribution in [1.82, 2.24) is 4.90 Å². The van der Waals surface area contributed by atoms with Crippen molar-refractivity contribution in [3.63, 3.8) is 0 Å². The highest BCUT2D eigenvalue weighted by Gasteiger charge is 2.32. The highest BCUT2D eigenvalue weighted by Crippen LogP contribution is 2.32. The molecule has 1 aliphatic rings. The van der Waals surface area contributed by atoms with Crippen LogP contribution in [0.1, 0.15) is 5.76 Å². The predicted octanol–water partition coefficient (Wildman–Crippen LogP) is 0.993. The number of hydrogen-bond acceptors (Lipinski definition) is 6. The van der Waals surface area contributed by atoms with Crippen LogP contribution in [0.4, 0.5) is 0 Å². The molecule has 1 aromatic heterocycles. The summed E-state index contributed by atoms with van der Waals surface area (Å²) in [5.74, 6) is -1.33. The van der Waals surface area contributed by atoms with Crippen LogP contribution in [0.25, 0.3) is 6.08 Å². The third-order valence-corrected chi connectivity index (χ3v) is 3.83. The third kappa shape index (κ3) is 2.82. The first-order valence-corrected chi connectivity index (χ1v) is 6.69. The van der Waals surface area contributed by atoms with Gasteiger partial charge in [-0.25, -0.2) is 0 Å². The number of carbonyl (C=O) groups excluding carboxylic acids is 2. The van der Waals surface area contributed by atoms with Gasteiger partial charge in [0.2, 0.25) is 0 Å². The molecule has 8 heteroatoms. The van der Waals surface area contributed by atoms with Gasteiger partial charge in [0.15, 0.2) is 4.67 Å². The number of furan rings is 1. The van der Waals surface area contributed by atoms with Gasteiger partial charge in [-0.3, -0.25) is 9.69 Å². The van der Waals surface area contributed by atoms with Gasteiger partial charge < -0.3 is 14.3 Å². The number of carboxylic acids is 1. The van der Waals surface area contributed by atoms with Crippen molar-refractivity contribution in [3.8, 4) is 0 Å². The first-order valence-electron chi connectivity index (χ1n) is 4.68. The van der Waals surface area contributed by atoms with Crippen LogP contribution in [0.2, 0.25) is 0 Å². The standard InChI is InChI=1S/C10H6BrNO4S2/c11-7-2-1-5(16-7)3-6-9(15)12(4-8(13)14)10(17)18-6/h1-3H,4H2,(H,13,14)/p-1/b6-3+. The summed E-state index contributed by atoms with van der Waals surface area (Å²) in [6, 6.07) is 3.36. The Morgan fingerprint density at radius 2 is 2.33 bits per heavy atom. The Morgan fingerprint density at radius 3 is 2.89 bits per heavy atom. The monoisotopic (exact) mass is 346 g/mol. The van der Waals surface area contributed by atoms with Gasteiger partial charge in [0.1, 0.15) is 10.1 Å². The summed E-state index contributed by atoms with van der Waals surface area (Å²) >= 11 is 9.10. The maximum absolute atomic E-state index is 11.9. The van der Waals surface area contributed by atoms with Crippen LogP contribution in [0.3, 0.4) is 0 Å². The van der Waals surface area contributed by atoms with Gasteiger partial charge in [-0.2, -0.15) is 0 Å². The number of aliphatic carboxylic acids is 1. The molecule has 0 radical (unpaired) electrons. The first kappa shape index (κ1) is 13.3. The number of thioether (sulfide) groups is 1. The van der Waals surface area contributed by atoms with Crippen molar-refractivity contribution in [2.75, 3.05) is 6.54 Å². The van der Waals surface area contributed by atoms with Crippen molar-refractivity contribution in [3.05, 3.63) is 27.5 Å². The smallest absolute Gasteiger partial charge is 0.266 e. The molecule has 1 amide bonds. The van der Waals surface area contributed by atoms with Gasteiger partial charge in [-0.15, -0.1) is 0 Å². The molecule has 1 saturated heterocycles. The Bertz CT molecular complexity index is 566. The SMILES string of the molecule is O=C([O-])CN1C(=O)/C(=C\c2ccc(Br)o2)SC1=S. The lowest BCUT2D eigenvalue weighted by Gasteiger charge is -2.14. The van der Waals surface area contributed by atoms with E-state index < -0.39 is 18.4 Å². The van der Waals surface area contributed by atoms with Gasteiger partial charge >= 0.3 is 0 Å². The van der Waals surface area contributed by atoms with E-state index in [-0.39, 0.29) is 4.32 Å². The number of thiocarbonyl (C=S) groups is 1. The molecule has 2 rings (SSSR count). The highest BCUT2D eigenvalue weighted by molar-refractivity contribution is 9.10. The molecule has 0 atom stereocenters. The molecule has 1 aromatic rings. The molecule has 18 heavy (non-hydrogen) atoms. The fraction of sp³-hybridized carbons (Fsp3) is 0.100. The number of halogens is 1. The van der Waals surface area contributed by atoms with E-state index in [0.29, 0.717) is 15.3 Å². The minimum atomic E-state index is -1.35. The van der Waals surface area contributed by atoms with Gasteiger partial charge in [0, 0.05) is 6.08 Å². The van der Waals surface area contributed by atoms with Crippen LogP contribution in [-0.4, -0.2) is 27.6 Å². The summed E-state index contributed by atoms with van der Waals surface area (Å²) in [5.41, 5.74) is 0. The minimum absolute atomic E-state index is 0.195. The summed E-state index contributed by atoms with van der Waals surface area (Å²) in [6.07, 6.45) is 1.51. The normalized spacial score (nSPS) is 17.8. The predicted molar refractivity (Wildman–Crippen MR) is 71.3 cm³/mol. The fourth-order valence-corrected chi connectivity index (χ4v) is 2.85. The summed E-state index contributed by atoms with van der Waals surface area (Å²) in [7, 11) is 0. The zero-order chi connectivity index (χ0) is 13.3. The van der Waals surface area contributed by atoms with Crippen molar-refractivity contribution < 1.29 is 19.1 Å². The topological polar surface area (TPSA) is 73.6 Å². The molecule has 94 valence electrons. The molecule has 1 fully saturated rings. The number of carboxylic acid groups (broad SMARTS) is 1. The van der Waals surface area contributed by atoms with Gasteiger partial charge in [0.05, 0.1) is 17.4 Å². The van der Waals surface area contributed by atoms with Gasteiger partial charge in [0.25, 0.3) is 5.91 Å². The molecule has 0 unspecified atom stereocenters. The maximum Gasteiger partial charge on any atom is 0.266 e. The number of amides is 1. The molecule has 2 heterocycles. The molecule has 1 aliphatic heterocycles. The average Bonchev–Trinajstić information content (AvgIpc) is 2.78. The minimum Gasteiger partial charge on any atom is -0.548 e. The molecule has 0 N–H and O–H groups in total. The Hall–Kier alpha value is -1.12. The summed E-state index contributed by atoms with van der Waals surface area (Å²) in [6.45, 7) is -0.538. The zero-order valence-corrected chi connectivity index (χ0v) is 11.9. The second kappa shape index (κ2) is 5.25. The number of carbonyl (C=O) groups is 2. The van der Waals surface area contributed by atoms with Crippen molar-refractivity contribution in [2.24, 2.45) is 0 Å². The van der Waals surface area contributed by atoms with Crippen LogP contribution in [0, 0.1) is 0 Å². The second-order valence-corrected chi connectivity index (χ2v) is 5.74. The number of nitrogens with zero attached hydrogens (tertiary/aromatic N) is 1. The van der Waals surface area contributed by atoms with E-state index in [1.54, 1.807) is 12.1 Å². The highest BCUT2D eigenvalue weighted by atomic mass is 79.9. The van der Waals surface area contributed by atoms with E-state index in [2.05, 4.69) is 15.9 Å². The van der Waals surface area contributed by atoms with Gasteiger partial charge in [-0.1, -0.05) is 24.0 Å². The van der Waals surface area contributed by atoms with Crippen LogP contribution >= 0.6 is 39.9 Å². The lowest BCUT2D eigenvalue weighted by molar-refractivity contribution is -0.305. The average molecular weight is 347 g/mol. The second-order valence-electron chi connectivity index (χ2n) is 3.28. The van der Waals surface area contributed by atoms with E-state index in [9.17, 15) is 14.7 Å². The summed E-state index contributed by atoms with van der Waals surface area (Å²) in [4.78, 5) is 23.7. The Labute approximate surface area is 120 Å². The van der Waals surface area contributed by atoms with Crippen LogP contribution in [0.15, 0.2) is 26.1 Å². The third-order valence-electron chi connectivity index (χ3n) is 2.03. The largest absolute Gasteiger partial charge is 0.548 e. The van der Waals surface area contributed by atoms with Crippen LogP contribution < -0.4 is 5.11 Å². The van der Waals surface area contributed by atoms with E-state index in [1.807, 2.05) is 0 Å². The summed E-state index contributed by atoms with van der Waals surface area (Å²) < 4.78 is 5.97. The number of hydrogen-bond donors (Lipinski definition) is 0. The van der Waals surface area contributed by atoms with Gasteiger partial charge in [-0.05, 0) is 28.1 Å². The number of rotatable bonds is 3. The lowest BCUT2D eigenvalue weighted by atomic mass is 10.3. The molecule has 0 spiro atoms. The van der Waals surface area contributed by atoms with Crippen LogP contribution in [0.5, 0.6) is 0 Å². The lowest BCUT2D eigenvalue weighted by Crippen LogP contribution is -2.40. The van der Waals surface area contributed by atoms with Crippen molar-refractivity contribution in [1.29, 1.82) is 0 Å². The van der Waals surface area contributed by atoms with Crippen LogP contribution in [-0.2, 0) is 9.59 Å². The van der Waals surface area contributed by atoms with E-state index in [4.69, 9.17) is 16.6 Å². The quantitative estimate of drug-likeness (QED) is 0.600. The molecule has 0 bridgehead atoms. The molecule has 5 nitrogen and oxygen atoms in total. The first-order chi connectivity index (χ1) is 8.47. The molecular weight excluding hydrogens is 342 g/mol. The van der Waals surface area contributed by atoms with Crippen molar-refractivity contribution >= 4 is 62.2 Å². The summed E-state index contributed by atoms with van der Waals surface area (Å²) in [5, 5.41) is 10.5. The van der Waals surface area contributed by atoms with E-state index in [1.165, 1.54) is 6.08 Å². The Morgan fingerprint density at radius 1 is 1.61 bits per heavy atom. The van der Waals surface area contributed by atoms with E-state index in [0.717, 1.165) is 16.7 Å². The molecule has 0 saturated carbocycles. The zero-order valence-electron chi connectivity index (χ0n) is 8.71. The Kier molecular flexibility index (Phi) is 3.88.